The van der Waals surface area contributed by atoms with E-state index >= 15 is 0 Å². The summed E-state index contributed by atoms with van der Waals surface area (Å²) < 4.78 is 5.40. The van der Waals surface area contributed by atoms with Gasteiger partial charge in [0, 0.05) is 0 Å². The summed E-state index contributed by atoms with van der Waals surface area (Å²) in [5, 5.41) is 9.11. The Bertz CT molecular complexity index is 456. The molecule has 0 aliphatic carbocycles. The van der Waals surface area contributed by atoms with Gasteiger partial charge in [0.15, 0.2) is 0 Å². The van der Waals surface area contributed by atoms with Crippen LogP contribution < -0.4 is 4.74 Å². The predicted octanol–water partition coefficient (Wildman–Crippen LogP) is 3.49. The highest BCUT2D eigenvalue weighted by molar-refractivity contribution is 5.76. The Labute approximate surface area is 109 Å². The van der Waals surface area contributed by atoms with Gasteiger partial charge < -0.3 is 9.84 Å². The van der Waals surface area contributed by atoms with Crippen LogP contribution in [0.4, 0.5) is 0 Å². The molecular formula is C15H22O3. The molecule has 0 saturated heterocycles. The van der Waals surface area contributed by atoms with E-state index in [0.29, 0.717) is 0 Å². The first-order chi connectivity index (χ1) is 8.18. The zero-order chi connectivity index (χ0) is 14.1. The Hall–Kier alpha value is -1.51. The van der Waals surface area contributed by atoms with E-state index in [1.807, 2.05) is 19.1 Å². The van der Waals surface area contributed by atoms with Crippen molar-refractivity contribution in [3.8, 4) is 5.75 Å². The number of aryl methyl sites for hydroxylation is 1. The number of carboxylic acids is 1. The molecule has 100 valence electrons. The van der Waals surface area contributed by atoms with Crippen LogP contribution in [0.25, 0.3) is 0 Å². The molecule has 3 nitrogen and oxygen atoms in total. The lowest BCUT2D eigenvalue weighted by atomic mass is 9.83. The topological polar surface area (TPSA) is 46.5 Å². The highest BCUT2D eigenvalue weighted by Gasteiger charge is 2.23. The summed E-state index contributed by atoms with van der Waals surface area (Å²) in [5.41, 5.74) is 2.88. The molecular weight excluding hydrogens is 228 g/mol. The van der Waals surface area contributed by atoms with Crippen molar-refractivity contribution in [1.29, 1.82) is 0 Å². The standard InChI is InChI=1S/C15H22O3/c1-9-7-12(15(3,4)5)13(18-6)8-11(9)10(2)14(16)17/h7-8,10H,1-6H3,(H,16,17). The van der Waals surface area contributed by atoms with Crippen LogP contribution in [0.3, 0.4) is 0 Å². The van der Waals surface area contributed by atoms with Gasteiger partial charge in [-0.3, -0.25) is 4.79 Å². The van der Waals surface area contributed by atoms with Crippen LogP contribution in [-0.4, -0.2) is 18.2 Å². The summed E-state index contributed by atoms with van der Waals surface area (Å²) in [6, 6.07) is 3.89. The Morgan fingerprint density at radius 1 is 1.33 bits per heavy atom. The largest absolute Gasteiger partial charge is 0.496 e. The van der Waals surface area contributed by atoms with Crippen molar-refractivity contribution in [2.24, 2.45) is 0 Å². The zero-order valence-electron chi connectivity index (χ0n) is 12.0. The van der Waals surface area contributed by atoms with Gasteiger partial charge in [0.05, 0.1) is 13.0 Å². The second-order valence-corrected chi connectivity index (χ2v) is 5.72. The van der Waals surface area contributed by atoms with E-state index in [1.54, 1.807) is 14.0 Å². The number of aliphatic carboxylic acids is 1. The molecule has 0 saturated carbocycles. The average molecular weight is 250 g/mol. The molecule has 0 aliphatic rings. The smallest absolute Gasteiger partial charge is 0.310 e. The number of ether oxygens (including phenoxy) is 1. The van der Waals surface area contributed by atoms with E-state index in [9.17, 15) is 4.79 Å². The van der Waals surface area contributed by atoms with E-state index < -0.39 is 11.9 Å². The number of rotatable bonds is 3. The predicted molar refractivity (Wildman–Crippen MR) is 72.5 cm³/mol. The molecule has 0 radical (unpaired) electrons. The van der Waals surface area contributed by atoms with E-state index in [0.717, 1.165) is 22.4 Å². The maximum absolute atomic E-state index is 11.1. The molecule has 0 amide bonds. The summed E-state index contributed by atoms with van der Waals surface area (Å²) in [7, 11) is 1.62. The minimum Gasteiger partial charge on any atom is -0.496 e. The fourth-order valence-corrected chi connectivity index (χ4v) is 2.06. The number of carbonyl (C=O) groups is 1. The normalized spacial score (nSPS) is 13.2. The quantitative estimate of drug-likeness (QED) is 0.893. The summed E-state index contributed by atoms with van der Waals surface area (Å²) in [4.78, 5) is 11.1. The summed E-state index contributed by atoms with van der Waals surface area (Å²) in [6.45, 7) is 9.99. The van der Waals surface area contributed by atoms with E-state index in [4.69, 9.17) is 9.84 Å². The zero-order valence-corrected chi connectivity index (χ0v) is 12.0. The first-order valence-electron chi connectivity index (χ1n) is 6.10. The van der Waals surface area contributed by atoms with Gasteiger partial charge in [-0.1, -0.05) is 26.8 Å². The molecule has 1 unspecified atom stereocenters. The lowest BCUT2D eigenvalue weighted by Gasteiger charge is -2.24. The van der Waals surface area contributed by atoms with Crippen molar-refractivity contribution >= 4 is 5.97 Å². The highest BCUT2D eigenvalue weighted by atomic mass is 16.5. The maximum atomic E-state index is 11.1. The molecule has 1 aromatic rings. The maximum Gasteiger partial charge on any atom is 0.310 e. The Morgan fingerprint density at radius 2 is 1.89 bits per heavy atom. The van der Waals surface area contributed by atoms with Crippen LogP contribution >= 0.6 is 0 Å². The number of hydrogen-bond acceptors (Lipinski definition) is 2. The van der Waals surface area contributed by atoms with Crippen LogP contribution in [0.2, 0.25) is 0 Å². The van der Waals surface area contributed by atoms with E-state index in [1.165, 1.54) is 0 Å². The van der Waals surface area contributed by atoms with E-state index in [-0.39, 0.29) is 5.41 Å². The first-order valence-corrected chi connectivity index (χ1v) is 6.10. The third-order valence-electron chi connectivity index (χ3n) is 3.23. The molecule has 0 aromatic heterocycles. The highest BCUT2D eigenvalue weighted by Crippen LogP contribution is 2.35. The van der Waals surface area contributed by atoms with Crippen LogP contribution in [-0.2, 0) is 10.2 Å². The van der Waals surface area contributed by atoms with Crippen molar-refractivity contribution in [2.45, 2.75) is 46.0 Å². The van der Waals surface area contributed by atoms with Crippen molar-refractivity contribution in [1.82, 2.24) is 0 Å². The monoisotopic (exact) mass is 250 g/mol. The SMILES string of the molecule is COc1cc(C(C)C(=O)O)c(C)cc1C(C)(C)C. The second-order valence-electron chi connectivity index (χ2n) is 5.72. The lowest BCUT2D eigenvalue weighted by Crippen LogP contribution is -2.15. The lowest BCUT2D eigenvalue weighted by molar-refractivity contribution is -0.138. The van der Waals surface area contributed by atoms with Gasteiger partial charge in [-0.25, -0.2) is 0 Å². The fraction of sp³-hybridized carbons (Fsp3) is 0.533. The van der Waals surface area contributed by atoms with Crippen molar-refractivity contribution in [2.75, 3.05) is 7.11 Å². The van der Waals surface area contributed by atoms with Gasteiger partial charge in [0.1, 0.15) is 5.75 Å². The van der Waals surface area contributed by atoms with Gasteiger partial charge in [0.2, 0.25) is 0 Å². The van der Waals surface area contributed by atoms with Crippen LogP contribution in [0, 0.1) is 6.92 Å². The fourth-order valence-electron chi connectivity index (χ4n) is 2.06. The van der Waals surface area contributed by atoms with Crippen molar-refractivity contribution in [3.05, 3.63) is 28.8 Å². The van der Waals surface area contributed by atoms with Gasteiger partial charge in [-0.2, -0.15) is 0 Å². The Balaban J connectivity index is 3.40. The molecule has 1 aromatic carbocycles. The van der Waals surface area contributed by atoms with Gasteiger partial charge >= 0.3 is 5.97 Å². The molecule has 1 rings (SSSR count). The van der Waals surface area contributed by atoms with Gasteiger partial charge in [-0.15, -0.1) is 0 Å². The van der Waals surface area contributed by atoms with Crippen LogP contribution in [0.5, 0.6) is 5.75 Å². The third-order valence-corrected chi connectivity index (χ3v) is 3.23. The molecule has 0 bridgehead atoms. The number of hydrogen-bond donors (Lipinski definition) is 1. The first kappa shape index (κ1) is 14.6. The molecule has 0 spiro atoms. The molecule has 18 heavy (non-hydrogen) atoms. The Morgan fingerprint density at radius 3 is 2.28 bits per heavy atom. The molecule has 1 atom stereocenters. The second kappa shape index (κ2) is 5.01. The molecule has 0 heterocycles. The van der Waals surface area contributed by atoms with Crippen molar-refractivity contribution in [3.63, 3.8) is 0 Å². The van der Waals surface area contributed by atoms with E-state index in [2.05, 4.69) is 20.8 Å². The molecule has 3 heteroatoms. The number of carboxylic acid groups (broad SMARTS) is 1. The van der Waals surface area contributed by atoms with Gasteiger partial charge in [-0.05, 0) is 42.0 Å². The Kier molecular flexibility index (Phi) is 4.05. The summed E-state index contributed by atoms with van der Waals surface area (Å²) in [5.74, 6) is -0.576. The molecule has 0 aliphatic heterocycles. The minimum atomic E-state index is -0.816. The van der Waals surface area contributed by atoms with Crippen LogP contribution in [0.15, 0.2) is 12.1 Å². The summed E-state index contributed by atoms with van der Waals surface area (Å²) in [6.07, 6.45) is 0. The number of benzene rings is 1. The number of methoxy groups -OCH3 is 1. The molecule has 0 fully saturated rings. The van der Waals surface area contributed by atoms with Crippen LogP contribution in [0.1, 0.15) is 50.3 Å². The summed E-state index contributed by atoms with van der Waals surface area (Å²) >= 11 is 0. The third kappa shape index (κ3) is 2.84. The average Bonchev–Trinajstić information content (AvgIpc) is 2.26. The minimum absolute atomic E-state index is 0.0267. The van der Waals surface area contributed by atoms with Crippen molar-refractivity contribution < 1.29 is 14.6 Å². The molecule has 1 N–H and O–H groups in total. The van der Waals surface area contributed by atoms with Gasteiger partial charge in [0.25, 0.3) is 0 Å².